The van der Waals surface area contributed by atoms with Gasteiger partial charge in [-0.05, 0) is 49.0 Å². The van der Waals surface area contributed by atoms with Gasteiger partial charge in [-0.25, -0.2) is 0 Å². The van der Waals surface area contributed by atoms with Crippen molar-refractivity contribution in [1.29, 1.82) is 0 Å². The van der Waals surface area contributed by atoms with Crippen LogP contribution in [-0.4, -0.2) is 27.8 Å². The molecule has 1 aromatic rings. The lowest BCUT2D eigenvalue weighted by Gasteiger charge is -2.35. The highest BCUT2D eigenvalue weighted by atomic mass is 32.2. The molecule has 0 aliphatic rings. The number of aryl methyl sites for hydroxylation is 2. The van der Waals surface area contributed by atoms with Gasteiger partial charge in [0.15, 0.2) is 8.32 Å². The molecule has 0 saturated carbocycles. The maximum atomic E-state index is 11.1. The first-order valence-electron chi connectivity index (χ1n) is 7.46. The fraction of sp³-hybridized carbons (Fsp3) is 0.625. The van der Waals surface area contributed by atoms with Gasteiger partial charge >= 0.3 is 0 Å². The first-order chi connectivity index (χ1) is 9.80. The van der Waals surface area contributed by atoms with Crippen molar-refractivity contribution < 1.29 is 17.4 Å². The molecule has 0 aliphatic heterocycles. The molecule has 22 heavy (non-hydrogen) atoms. The van der Waals surface area contributed by atoms with Crippen molar-refractivity contribution in [3.8, 4) is 0 Å². The first-order valence-corrected chi connectivity index (χ1v) is 12.2. The highest BCUT2D eigenvalue weighted by molar-refractivity contribution is 7.85. The van der Waals surface area contributed by atoms with Crippen LogP contribution in [0.2, 0.25) is 18.1 Å². The van der Waals surface area contributed by atoms with Crippen molar-refractivity contribution in [2.45, 2.75) is 58.4 Å². The first kappa shape index (κ1) is 19.4. The van der Waals surface area contributed by atoms with Crippen molar-refractivity contribution in [1.82, 2.24) is 0 Å². The molecule has 0 atom stereocenters. The van der Waals surface area contributed by atoms with Crippen LogP contribution in [0.25, 0.3) is 0 Å². The van der Waals surface area contributed by atoms with E-state index in [2.05, 4.69) is 19.9 Å². The lowest BCUT2D eigenvalue weighted by Crippen LogP contribution is -2.39. The minimum Gasteiger partial charge on any atom is -0.432 e. The van der Waals surface area contributed by atoms with Crippen LogP contribution in [0.3, 0.4) is 0 Å². The number of hydrogen-bond acceptors (Lipinski definition) is 4. The summed E-state index contributed by atoms with van der Waals surface area (Å²) in [6.45, 7) is 10.2. The number of hydrogen-bond donors (Lipinski definition) is 1. The highest BCUT2D eigenvalue weighted by Crippen LogP contribution is 2.39. The predicted molar refractivity (Wildman–Crippen MR) is 92.9 cm³/mol. The molecule has 4 nitrogen and oxygen atoms in total. The monoisotopic (exact) mass is 344 g/mol. The Morgan fingerprint density at radius 3 is 2.23 bits per heavy atom. The van der Waals surface area contributed by atoms with Crippen LogP contribution in [0, 0.1) is 6.92 Å². The van der Waals surface area contributed by atoms with E-state index >= 15 is 0 Å². The molecule has 0 radical (unpaired) electrons. The minimum absolute atomic E-state index is 0.0666. The molecule has 0 bridgehead atoms. The summed E-state index contributed by atoms with van der Waals surface area (Å²) in [6, 6.07) is 6.02. The predicted octanol–water partition coefficient (Wildman–Crippen LogP) is 3.38. The van der Waals surface area contributed by atoms with Gasteiger partial charge in [-0.2, -0.15) is 8.42 Å². The Bertz CT molecular complexity index is 616. The molecule has 0 amide bonds. The summed E-state index contributed by atoms with van der Waals surface area (Å²) < 4.78 is 27.1. The average molecular weight is 345 g/mol. The van der Waals surface area contributed by atoms with Crippen molar-refractivity contribution in [3.05, 3.63) is 34.9 Å². The van der Waals surface area contributed by atoms with Crippen LogP contribution in [0.15, 0.2) is 18.2 Å². The van der Waals surface area contributed by atoms with E-state index in [1.165, 1.54) is 0 Å². The molecule has 0 aromatic heterocycles. The molecule has 0 spiro atoms. The zero-order valence-corrected chi connectivity index (χ0v) is 16.3. The molecular weight excluding hydrogens is 316 g/mol. The zero-order valence-electron chi connectivity index (χ0n) is 14.4. The largest absolute Gasteiger partial charge is 0.432 e. The second kappa shape index (κ2) is 6.82. The Balaban J connectivity index is 2.82. The average Bonchev–Trinajstić information content (AvgIpc) is 2.31. The molecule has 126 valence electrons. The number of benzene rings is 1. The van der Waals surface area contributed by atoms with Crippen LogP contribution < -0.4 is 0 Å². The number of rotatable bonds is 7. The van der Waals surface area contributed by atoms with Gasteiger partial charge in [0.05, 0.1) is 12.9 Å². The van der Waals surface area contributed by atoms with E-state index in [9.17, 15) is 13.2 Å². The summed E-state index contributed by atoms with van der Waals surface area (Å²) in [5.74, 6) is 0. The maximum Gasteiger partial charge on any atom is 0.264 e. The molecule has 6 heteroatoms. The fourth-order valence-electron chi connectivity index (χ4n) is 2.11. The SMILES string of the molecule is Cc1cc(CCC(C)(C)[Si](C)(C)O)cc(COS(C)(=O)=O)c1. The summed E-state index contributed by atoms with van der Waals surface area (Å²) in [7, 11) is -5.64. The van der Waals surface area contributed by atoms with E-state index in [0.29, 0.717) is 0 Å². The summed E-state index contributed by atoms with van der Waals surface area (Å²) in [5, 5.41) is -0.0693. The molecule has 1 N–H and O–H groups in total. The van der Waals surface area contributed by atoms with E-state index in [1.807, 2.05) is 32.2 Å². The third-order valence-electron chi connectivity index (χ3n) is 4.33. The van der Waals surface area contributed by atoms with Gasteiger partial charge in [0, 0.05) is 0 Å². The summed E-state index contributed by atoms with van der Waals surface area (Å²) in [6.07, 6.45) is 2.82. The molecule has 0 fully saturated rings. The lowest BCUT2D eigenvalue weighted by atomic mass is 9.98. The van der Waals surface area contributed by atoms with Gasteiger partial charge in [-0.3, -0.25) is 4.18 Å². The van der Waals surface area contributed by atoms with Gasteiger partial charge in [-0.1, -0.05) is 37.6 Å². The normalized spacial score (nSPS) is 13.4. The fourth-order valence-corrected chi connectivity index (χ4v) is 3.20. The Morgan fingerprint density at radius 1 is 1.18 bits per heavy atom. The van der Waals surface area contributed by atoms with Gasteiger partial charge in [0.25, 0.3) is 10.1 Å². The lowest BCUT2D eigenvalue weighted by molar-refractivity contribution is 0.311. The van der Waals surface area contributed by atoms with E-state index in [-0.39, 0.29) is 11.6 Å². The Hall–Kier alpha value is -0.693. The quantitative estimate of drug-likeness (QED) is 0.608. The molecule has 0 heterocycles. The molecule has 1 rings (SSSR count). The van der Waals surface area contributed by atoms with Gasteiger partial charge in [-0.15, -0.1) is 0 Å². The summed E-state index contributed by atoms with van der Waals surface area (Å²) in [4.78, 5) is 10.4. The van der Waals surface area contributed by atoms with E-state index in [0.717, 1.165) is 35.8 Å². The molecule has 0 saturated heterocycles. The van der Waals surface area contributed by atoms with Crippen molar-refractivity contribution in [2.75, 3.05) is 6.26 Å². The van der Waals surface area contributed by atoms with E-state index in [1.54, 1.807) is 0 Å². The van der Waals surface area contributed by atoms with Crippen LogP contribution in [0.4, 0.5) is 0 Å². The molecule has 0 unspecified atom stereocenters. The minimum atomic E-state index is -3.43. The maximum absolute atomic E-state index is 11.1. The van der Waals surface area contributed by atoms with E-state index in [4.69, 9.17) is 4.18 Å². The topological polar surface area (TPSA) is 63.6 Å². The van der Waals surface area contributed by atoms with Gasteiger partial charge < -0.3 is 4.80 Å². The molecular formula is C16H28O4SSi. The van der Waals surface area contributed by atoms with E-state index < -0.39 is 18.4 Å². The van der Waals surface area contributed by atoms with Gasteiger partial charge in [0.2, 0.25) is 0 Å². The summed E-state index contributed by atoms with van der Waals surface area (Å²) in [5.41, 5.74) is 3.10. The van der Waals surface area contributed by atoms with Crippen molar-refractivity contribution in [2.24, 2.45) is 0 Å². The van der Waals surface area contributed by atoms with Gasteiger partial charge in [0.1, 0.15) is 0 Å². The zero-order chi connectivity index (χ0) is 17.2. The molecule has 0 aliphatic carbocycles. The standard InChI is InChI=1S/C16H28O4SSi/c1-13-9-14(7-8-16(2,3)22(5,6)19)11-15(10-13)12-20-21(4,17)18/h9-11,19H,7-8,12H2,1-6H3. The summed E-state index contributed by atoms with van der Waals surface area (Å²) >= 11 is 0. The van der Waals surface area contributed by atoms with Crippen molar-refractivity contribution in [3.63, 3.8) is 0 Å². The second-order valence-corrected chi connectivity index (χ2v) is 13.4. The van der Waals surface area contributed by atoms with Crippen LogP contribution in [0.5, 0.6) is 0 Å². The third kappa shape index (κ3) is 6.20. The highest BCUT2D eigenvalue weighted by Gasteiger charge is 2.37. The Morgan fingerprint density at radius 2 is 1.73 bits per heavy atom. The van der Waals surface area contributed by atoms with Crippen LogP contribution in [-0.2, 0) is 27.3 Å². The Labute approximate surface area is 135 Å². The third-order valence-corrected chi connectivity index (χ3v) is 8.44. The Kier molecular flexibility index (Phi) is 6.00. The molecule has 1 aromatic carbocycles. The van der Waals surface area contributed by atoms with Crippen LogP contribution in [0.1, 0.15) is 37.0 Å². The second-order valence-electron chi connectivity index (χ2n) is 7.24. The smallest absolute Gasteiger partial charge is 0.264 e. The van der Waals surface area contributed by atoms with Crippen molar-refractivity contribution >= 4 is 18.4 Å². The van der Waals surface area contributed by atoms with Crippen LogP contribution >= 0.6 is 0 Å².